The van der Waals surface area contributed by atoms with Crippen molar-refractivity contribution in [3.05, 3.63) is 0 Å². The van der Waals surface area contributed by atoms with E-state index in [4.69, 9.17) is 18.9 Å². The van der Waals surface area contributed by atoms with E-state index in [0.29, 0.717) is 43.6 Å². The first-order chi connectivity index (χ1) is 25.9. The highest BCUT2D eigenvalue weighted by molar-refractivity contribution is 5.82. The van der Waals surface area contributed by atoms with E-state index in [-0.39, 0.29) is 48.3 Å². The van der Waals surface area contributed by atoms with Gasteiger partial charge in [0.25, 0.3) is 0 Å². The number of rotatable bonds is 12. The van der Waals surface area contributed by atoms with Crippen molar-refractivity contribution in [2.75, 3.05) is 0 Å². The molecule has 0 radical (unpaired) electrons. The zero-order valence-corrected chi connectivity index (χ0v) is 32.9. The van der Waals surface area contributed by atoms with Crippen molar-refractivity contribution in [2.45, 2.75) is 204 Å². The Hall–Kier alpha value is -2.24. The number of hydrogen-bond donors (Lipinski definition) is 3. The zero-order chi connectivity index (χ0) is 38.4. The van der Waals surface area contributed by atoms with Crippen molar-refractivity contribution in [2.24, 2.45) is 40.9 Å². The first kappa shape index (κ1) is 41.4. The molecule has 0 saturated heterocycles. The predicted octanol–water partition coefficient (Wildman–Crippen LogP) is 7.63. The van der Waals surface area contributed by atoms with Gasteiger partial charge in [0.2, 0.25) is 0 Å². The van der Waals surface area contributed by atoms with Gasteiger partial charge in [0, 0.05) is 0 Å². The lowest BCUT2D eigenvalue weighted by Gasteiger charge is -2.47. The quantitative estimate of drug-likeness (QED) is 0.168. The molecule has 5 unspecified atom stereocenters. The fourth-order valence-electron chi connectivity index (χ4n) is 11.3. The highest BCUT2D eigenvalue weighted by Crippen LogP contribution is 2.49. The minimum absolute atomic E-state index is 0.128. The minimum Gasteiger partial charge on any atom is -0.481 e. The molecular weight excluding hydrogens is 692 g/mol. The SMILES string of the molecule is CC(C)(C1CCC(OC2CCC(OC(=O)C3CCCCC3C(=O)O)CC2)CC1)C1CCC(OC2CCC(OC(=O)C3CC(O)CCC3C(=O)O)CC2)CC1. The standard InChI is InChI=1S/C43H68O11/c1-43(2,26-7-12-29(13-8-26)51-31-16-20-33(21-17-31)53-41(49)37-6-4-3-5-35(37)39(45)46)27-9-14-30(15-10-27)52-32-18-22-34(23-19-32)54-42(50)38-25-28(44)11-24-36(38)40(47)48/h26-38,44H,3-25H2,1-2H3,(H,45,46)(H,47,48). The number of carbonyl (C=O) groups excluding carboxylic acids is 2. The van der Waals surface area contributed by atoms with Gasteiger partial charge in [0.1, 0.15) is 12.2 Å². The molecule has 0 aliphatic heterocycles. The summed E-state index contributed by atoms with van der Waals surface area (Å²) < 4.78 is 24.9. The highest BCUT2D eigenvalue weighted by Gasteiger charge is 2.44. The van der Waals surface area contributed by atoms with E-state index in [9.17, 15) is 34.5 Å². The maximum Gasteiger partial charge on any atom is 0.310 e. The number of carboxylic acid groups (broad SMARTS) is 2. The van der Waals surface area contributed by atoms with Crippen molar-refractivity contribution in [3.8, 4) is 0 Å². The molecule has 6 aliphatic carbocycles. The second-order valence-corrected chi connectivity index (χ2v) is 18.6. The van der Waals surface area contributed by atoms with Crippen LogP contribution in [-0.2, 0) is 38.1 Å². The largest absolute Gasteiger partial charge is 0.481 e. The van der Waals surface area contributed by atoms with Crippen LogP contribution in [0.3, 0.4) is 0 Å². The molecule has 11 nitrogen and oxygen atoms in total. The van der Waals surface area contributed by atoms with Crippen LogP contribution in [0.2, 0.25) is 0 Å². The molecule has 0 heterocycles. The van der Waals surface area contributed by atoms with Crippen LogP contribution < -0.4 is 0 Å². The Labute approximate surface area is 322 Å². The van der Waals surface area contributed by atoms with E-state index in [2.05, 4.69) is 13.8 Å². The number of aliphatic carboxylic acids is 2. The van der Waals surface area contributed by atoms with E-state index in [0.717, 1.165) is 89.9 Å². The third-order valence-corrected chi connectivity index (χ3v) is 14.9. The third kappa shape index (κ3) is 10.6. The lowest BCUT2D eigenvalue weighted by molar-refractivity contribution is -0.168. The van der Waals surface area contributed by atoms with Gasteiger partial charge >= 0.3 is 23.9 Å². The molecule has 306 valence electrons. The van der Waals surface area contributed by atoms with Gasteiger partial charge in [-0.2, -0.15) is 0 Å². The van der Waals surface area contributed by atoms with Gasteiger partial charge in [-0.05, 0) is 152 Å². The Morgan fingerprint density at radius 1 is 0.444 bits per heavy atom. The smallest absolute Gasteiger partial charge is 0.310 e. The Kier molecular flexibility index (Phi) is 14.4. The molecule has 0 aromatic heterocycles. The first-order valence-electron chi connectivity index (χ1n) is 21.7. The molecule has 6 rings (SSSR count). The maximum absolute atomic E-state index is 12.9. The summed E-state index contributed by atoms with van der Waals surface area (Å²) in [4.78, 5) is 49.1. The summed E-state index contributed by atoms with van der Waals surface area (Å²) in [6.45, 7) is 4.96. The highest BCUT2D eigenvalue weighted by atomic mass is 16.6. The topological polar surface area (TPSA) is 166 Å². The molecule has 0 bridgehead atoms. The lowest BCUT2D eigenvalue weighted by atomic mass is 9.60. The van der Waals surface area contributed by atoms with Crippen LogP contribution >= 0.6 is 0 Å². The van der Waals surface area contributed by atoms with Gasteiger partial charge < -0.3 is 34.3 Å². The molecule has 0 amide bonds. The van der Waals surface area contributed by atoms with Crippen LogP contribution in [0.1, 0.15) is 162 Å². The van der Waals surface area contributed by atoms with Gasteiger partial charge in [0.15, 0.2) is 0 Å². The van der Waals surface area contributed by atoms with Crippen molar-refractivity contribution in [3.63, 3.8) is 0 Å². The van der Waals surface area contributed by atoms with Crippen LogP contribution in [-0.4, -0.2) is 81.9 Å². The molecule has 5 atom stereocenters. The summed E-state index contributed by atoms with van der Waals surface area (Å²) in [7, 11) is 0. The predicted molar refractivity (Wildman–Crippen MR) is 199 cm³/mol. The molecule has 54 heavy (non-hydrogen) atoms. The molecule has 11 heteroatoms. The van der Waals surface area contributed by atoms with Gasteiger partial charge in [0.05, 0.1) is 54.2 Å². The molecule has 6 fully saturated rings. The van der Waals surface area contributed by atoms with Crippen molar-refractivity contribution < 1.29 is 53.4 Å². The summed E-state index contributed by atoms with van der Waals surface area (Å²) in [6, 6.07) is 0. The van der Waals surface area contributed by atoms with Gasteiger partial charge in [-0.15, -0.1) is 0 Å². The minimum atomic E-state index is -0.986. The monoisotopic (exact) mass is 760 g/mol. The van der Waals surface area contributed by atoms with Gasteiger partial charge in [-0.3, -0.25) is 19.2 Å². The van der Waals surface area contributed by atoms with Crippen LogP contribution in [0.25, 0.3) is 0 Å². The summed E-state index contributed by atoms with van der Waals surface area (Å²) in [5, 5.41) is 29.2. The van der Waals surface area contributed by atoms with Crippen molar-refractivity contribution in [1.82, 2.24) is 0 Å². The van der Waals surface area contributed by atoms with Crippen LogP contribution in [0.15, 0.2) is 0 Å². The Bertz CT molecular complexity index is 1250. The average molecular weight is 761 g/mol. The summed E-state index contributed by atoms with van der Waals surface area (Å²) in [5.74, 6) is -3.95. The number of carboxylic acids is 2. The maximum atomic E-state index is 12.9. The molecule has 6 aliphatic rings. The van der Waals surface area contributed by atoms with Crippen molar-refractivity contribution in [1.29, 1.82) is 0 Å². The number of esters is 2. The molecule has 0 aromatic carbocycles. The molecular formula is C43H68O11. The third-order valence-electron chi connectivity index (χ3n) is 14.9. The normalized spacial score (nSPS) is 39.6. The summed E-state index contributed by atoms with van der Waals surface area (Å²) in [5.41, 5.74) is 0.270. The Morgan fingerprint density at radius 3 is 1.22 bits per heavy atom. The van der Waals surface area contributed by atoms with E-state index < -0.39 is 47.7 Å². The second-order valence-electron chi connectivity index (χ2n) is 18.6. The first-order valence-corrected chi connectivity index (χ1v) is 21.7. The van der Waals surface area contributed by atoms with Crippen LogP contribution in [0.4, 0.5) is 0 Å². The number of ether oxygens (including phenoxy) is 4. The number of carbonyl (C=O) groups is 4. The number of aliphatic hydroxyl groups excluding tert-OH is 1. The van der Waals surface area contributed by atoms with E-state index in [1.807, 2.05) is 0 Å². The fraction of sp³-hybridized carbons (Fsp3) is 0.907. The summed E-state index contributed by atoms with van der Waals surface area (Å²) in [6.07, 6.45) is 19.4. The van der Waals surface area contributed by atoms with Gasteiger partial charge in [-0.25, -0.2) is 0 Å². The van der Waals surface area contributed by atoms with Gasteiger partial charge in [-0.1, -0.05) is 26.7 Å². The lowest BCUT2D eigenvalue weighted by Crippen LogP contribution is -2.41. The van der Waals surface area contributed by atoms with E-state index in [1.165, 1.54) is 25.7 Å². The summed E-state index contributed by atoms with van der Waals surface area (Å²) >= 11 is 0. The Morgan fingerprint density at radius 2 is 0.796 bits per heavy atom. The molecule has 0 spiro atoms. The number of hydrogen-bond acceptors (Lipinski definition) is 9. The Balaban J connectivity index is 0.846. The van der Waals surface area contributed by atoms with Crippen LogP contribution in [0, 0.1) is 40.9 Å². The second kappa shape index (κ2) is 18.8. The van der Waals surface area contributed by atoms with E-state index in [1.54, 1.807) is 0 Å². The molecule has 0 aromatic rings. The molecule has 6 saturated carbocycles. The zero-order valence-electron chi connectivity index (χ0n) is 32.9. The van der Waals surface area contributed by atoms with Crippen molar-refractivity contribution >= 4 is 23.9 Å². The average Bonchev–Trinajstić information content (AvgIpc) is 3.16. The molecule has 3 N–H and O–H groups in total. The van der Waals surface area contributed by atoms with Crippen LogP contribution in [0.5, 0.6) is 0 Å². The fourth-order valence-corrected chi connectivity index (χ4v) is 11.3. The van der Waals surface area contributed by atoms with E-state index >= 15 is 0 Å². The number of aliphatic hydroxyl groups is 1.